The minimum atomic E-state index is -0.292. The van der Waals surface area contributed by atoms with E-state index in [1.54, 1.807) is 13.0 Å². The Morgan fingerprint density at radius 3 is 2.62 bits per heavy atom. The van der Waals surface area contributed by atoms with Gasteiger partial charge in [-0.05, 0) is 25.8 Å². The summed E-state index contributed by atoms with van der Waals surface area (Å²) in [7, 11) is 0. The van der Waals surface area contributed by atoms with Crippen molar-refractivity contribution in [3.8, 4) is 5.75 Å². The fraction of sp³-hybridized carbons (Fsp3) is 0.400. The largest absolute Gasteiger partial charge is 0.507 e. The first-order chi connectivity index (χ1) is 6.04. The van der Waals surface area contributed by atoms with Crippen molar-refractivity contribution >= 4 is 11.6 Å². The van der Waals surface area contributed by atoms with Gasteiger partial charge in [0.15, 0.2) is 0 Å². The molecule has 1 aromatic rings. The van der Waals surface area contributed by atoms with Gasteiger partial charge >= 0.3 is 0 Å². The molecule has 1 saturated carbocycles. The van der Waals surface area contributed by atoms with Crippen molar-refractivity contribution < 1.29 is 5.11 Å². The van der Waals surface area contributed by atoms with Gasteiger partial charge in [-0.2, -0.15) is 0 Å². The lowest BCUT2D eigenvalue weighted by Crippen LogP contribution is -2.18. The molecular weight excluding hydrogens is 186 g/mol. The highest BCUT2D eigenvalue weighted by Gasteiger charge is 2.42. The van der Waals surface area contributed by atoms with Gasteiger partial charge in [0.25, 0.3) is 0 Å². The van der Waals surface area contributed by atoms with Gasteiger partial charge in [0.2, 0.25) is 0 Å². The summed E-state index contributed by atoms with van der Waals surface area (Å²) in [6, 6.07) is 3.61. The molecule has 0 radical (unpaired) electrons. The van der Waals surface area contributed by atoms with Crippen LogP contribution in [0.15, 0.2) is 12.1 Å². The number of aromatic hydroxyl groups is 1. The van der Waals surface area contributed by atoms with Crippen molar-refractivity contribution in [3.63, 3.8) is 0 Å². The molecule has 0 unspecified atom stereocenters. The van der Waals surface area contributed by atoms with Gasteiger partial charge in [0.1, 0.15) is 5.75 Å². The lowest BCUT2D eigenvalue weighted by atomic mass is 10.0. The normalized spacial score (nSPS) is 18.7. The van der Waals surface area contributed by atoms with Gasteiger partial charge in [-0.3, -0.25) is 0 Å². The Labute approximate surface area is 82.3 Å². The molecule has 3 N–H and O–H groups in total. The molecule has 0 heterocycles. The fourth-order valence-corrected chi connectivity index (χ4v) is 1.63. The molecular formula is C10H12ClNO. The van der Waals surface area contributed by atoms with Gasteiger partial charge in [-0.1, -0.05) is 17.7 Å². The second-order valence-electron chi connectivity index (χ2n) is 3.72. The summed E-state index contributed by atoms with van der Waals surface area (Å²) < 4.78 is 0. The highest BCUT2D eigenvalue weighted by Crippen LogP contribution is 2.47. The van der Waals surface area contributed by atoms with Gasteiger partial charge < -0.3 is 10.8 Å². The number of hydrogen-bond acceptors (Lipinski definition) is 2. The predicted molar refractivity (Wildman–Crippen MR) is 53.0 cm³/mol. The van der Waals surface area contributed by atoms with Crippen molar-refractivity contribution in [1.29, 1.82) is 0 Å². The van der Waals surface area contributed by atoms with Gasteiger partial charge in [0, 0.05) is 21.7 Å². The molecule has 1 aliphatic rings. The Kier molecular flexibility index (Phi) is 1.79. The summed E-state index contributed by atoms with van der Waals surface area (Å²) in [5.41, 5.74) is 7.24. The van der Waals surface area contributed by atoms with Crippen LogP contribution in [0.5, 0.6) is 5.75 Å². The predicted octanol–water partition coefficient (Wildman–Crippen LogP) is 2.30. The van der Waals surface area contributed by atoms with Crippen LogP contribution in [0.25, 0.3) is 0 Å². The summed E-state index contributed by atoms with van der Waals surface area (Å²) in [5, 5.41) is 10.4. The van der Waals surface area contributed by atoms with Crippen molar-refractivity contribution in [1.82, 2.24) is 0 Å². The van der Waals surface area contributed by atoms with Crippen LogP contribution in [0.3, 0.4) is 0 Å². The number of hydrogen-bond donors (Lipinski definition) is 2. The molecule has 0 atom stereocenters. The van der Waals surface area contributed by atoms with E-state index in [2.05, 4.69) is 0 Å². The summed E-state index contributed by atoms with van der Waals surface area (Å²) >= 11 is 5.86. The van der Waals surface area contributed by atoms with Crippen molar-refractivity contribution in [2.75, 3.05) is 0 Å². The topological polar surface area (TPSA) is 46.2 Å². The summed E-state index contributed by atoms with van der Waals surface area (Å²) in [6.45, 7) is 1.80. The van der Waals surface area contributed by atoms with Crippen molar-refractivity contribution in [3.05, 3.63) is 28.3 Å². The lowest BCUT2D eigenvalue weighted by molar-refractivity contribution is 0.455. The van der Waals surface area contributed by atoms with E-state index in [4.69, 9.17) is 17.3 Å². The highest BCUT2D eigenvalue weighted by molar-refractivity contribution is 6.31. The fourth-order valence-electron chi connectivity index (χ4n) is 1.48. The number of halogens is 1. The number of benzene rings is 1. The Hall–Kier alpha value is -0.730. The van der Waals surface area contributed by atoms with Crippen LogP contribution >= 0.6 is 11.6 Å². The van der Waals surface area contributed by atoms with Gasteiger partial charge in [-0.25, -0.2) is 0 Å². The second kappa shape index (κ2) is 2.63. The van der Waals surface area contributed by atoms with Crippen molar-refractivity contribution in [2.24, 2.45) is 5.73 Å². The van der Waals surface area contributed by atoms with Crippen molar-refractivity contribution in [2.45, 2.75) is 25.3 Å². The van der Waals surface area contributed by atoms with E-state index in [1.807, 2.05) is 6.07 Å². The van der Waals surface area contributed by atoms with Crippen LogP contribution < -0.4 is 5.73 Å². The molecule has 13 heavy (non-hydrogen) atoms. The van der Waals surface area contributed by atoms with E-state index in [1.165, 1.54) is 0 Å². The molecule has 70 valence electrons. The van der Waals surface area contributed by atoms with Crippen LogP contribution in [0.4, 0.5) is 0 Å². The third-order valence-electron chi connectivity index (χ3n) is 2.69. The molecule has 0 aliphatic heterocycles. The number of nitrogens with two attached hydrogens (primary N) is 1. The monoisotopic (exact) mass is 197 g/mol. The first-order valence-corrected chi connectivity index (χ1v) is 4.70. The Balaban J connectivity index is 2.54. The number of phenolic OH excluding ortho intramolecular Hbond substituents is 1. The minimum Gasteiger partial charge on any atom is -0.507 e. The van der Waals surface area contributed by atoms with Crippen LogP contribution in [-0.2, 0) is 5.54 Å². The first kappa shape index (κ1) is 8.85. The Morgan fingerprint density at radius 2 is 2.08 bits per heavy atom. The lowest BCUT2D eigenvalue weighted by Gasteiger charge is -2.13. The Morgan fingerprint density at radius 1 is 1.46 bits per heavy atom. The highest BCUT2D eigenvalue weighted by atomic mass is 35.5. The zero-order valence-corrected chi connectivity index (χ0v) is 8.23. The maximum absolute atomic E-state index is 9.79. The molecule has 1 fully saturated rings. The van der Waals surface area contributed by atoms with E-state index in [0.717, 1.165) is 24.0 Å². The maximum atomic E-state index is 9.79. The number of rotatable bonds is 1. The molecule has 0 aromatic heterocycles. The second-order valence-corrected chi connectivity index (χ2v) is 4.13. The van der Waals surface area contributed by atoms with E-state index in [9.17, 15) is 5.11 Å². The molecule has 2 rings (SSSR count). The molecule has 1 aromatic carbocycles. The minimum absolute atomic E-state index is 0.257. The molecule has 0 bridgehead atoms. The standard InChI is InChI=1S/C10H12ClNO/c1-6-8(11)3-2-7(9(6)13)10(12)4-5-10/h2-3,13H,4-5,12H2,1H3. The van der Waals surface area contributed by atoms with E-state index in [0.29, 0.717) is 5.02 Å². The Bertz CT molecular complexity index is 358. The van der Waals surface area contributed by atoms with E-state index < -0.39 is 0 Å². The smallest absolute Gasteiger partial charge is 0.125 e. The van der Waals surface area contributed by atoms with Crippen LogP contribution in [0.2, 0.25) is 5.02 Å². The van der Waals surface area contributed by atoms with E-state index >= 15 is 0 Å². The molecule has 0 spiro atoms. The quantitative estimate of drug-likeness (QED) is 0.726. The molecule has 2 nitrogen and oxygen atoms in total. The summed E-state index contributed by atoms with van der Waals surface area (Å²) in [5.74, 6) is 0.257. The summed E-state index contributed by atoms with van der Waals surface area (Å²) in [6.07, 6.45) is 1.89. The van der Waals surface area contributed by atoms with Gasteiger partial charge in [0.05, 0.1) is 0 Å². The third kappa shape index (κ3) is 1.30. The van der Waals surface area contributed by atoms with Crippen LogP contribution in [-0.4, -0.2) is 5.11 Å². The first-order valence-electron chi connectivity index (χ1n) is 4.32. The van der Waals surface area contributed by atoms with Gasteiger partial charge in [-0.15, -0.1) is 0 Å². The zero-order valence-electron chi connectivity index (χ0n) is 7.47. The SMILES string of the molecule is Cc1c(Cl)ccc(C2(N)CC2)c1O. The maximum Gasteiger partial charge on any atom is 0.125 e. The van der Waals surface area contributed by atoms with Crippen LogP contribution in [0.1, 0.15) is 24.0 Å². The average molecular weight is 198 g/mol. The molecule has 1 aliphatic carbocycles. The molecule has 0 saturated heterocycles. The average Bonchev–Trinajstić information content (AvgIpc) is 2.80. The zero-order chi connectivity index (χ0) is 9.64. The third-order valence-corrected chi connectivity index (χ3v) is 3.10. The van der Waals surface area contributed by atoms with Crippen LogP contribution in [0, 0.1) is 6.92 Å². The molecule has 0 amide bonds. The van der Waals surface area contributed by atoms with E-state index in [-0.39, 0.29) is 11.3 Å². The molecule has 3 heteroatoms. The number of phenols is 1. The summed E-state index contributed by atoms with van der Waals surface area (Å²) in [4.78, 5) is 0.